The minimum atomic E-state index is 0.0567. The molecule has 5 nitrogen and oxygen atoms in total. The number of aromatic nitrogens is 5. The van der Waals surface area contributed by atoms with Crippen LogP contribution in [0.1, 0.15) is 458 Å². The van der Waals surface area contributed by atoms with E-state index in [1.807, 2.05) is 14.1 Å². The molecule has 0 spiro atoms. The van der Waals surface area contributed by atoms with Gasteiger partial charge in [-0.2, -0.15) is 13.7 Å². The average Bonchev–Trinajstić information content (AvgIpc) is 0.754. The van der Waals surface area contributed by atoms with Crippen LogP contribution in [0.15, 0.2) is 200 Å². The second-order valence-electron chi connectivity index (χ2n) is 52.3. The van der Waals surface area contributed by atoms with Crippen molar-refractivity contribution in [3.8, 4) is 56.3 Å². The predicted octanol–water partition coefficient (Wildman–Crippen LogP) is 38.5. The molecule has 790 valence electrons. The fourth-order valence-electron chi connectivity index (χ4n) is 26.0. The van der Waals surface area contributed by atoms with E-state index in [0.717, 1.165) is 17.8 Å². The van der Waals surface area contributed by atoms with Gasteiger partial charge in [-0.25, -0.2) is 9.13 Å². The topological polar surface area (TPSA) is 19.4 Å². The molecule has 5 heteroatoms. The Morgan fingerprint density at radius 3 is 0.853 bits per heavy atom. The summed E-state index contributed by atoms with van der Waals surface area (Å²) in [5, 5.41) is 13.2. The first kappa shape index (κ1) is 109. The van der Waals surface area contributed by atoms with E-state index < -0.39 is 0 Å². The summed E-state index contributed by atoms with van der Waals surface area (Å²) in [7, 11) is 10.7. The zero-order valence-electron chi connectivity index (χ0n) is 101. The van der Waals surface area contributed by atoms with Gasteiger partial charge in [-0.05, 0) is 375 Å². The van der Waals surface area contributed by atoms with Crippen LogP contribution in [0.4, 0.5) is 0 Å². The Balaban J connectivity index is 0.000000135. The van der Waals surface area contributed by atoms with E-state index in [0.29, 0.717) is 41.9 Å². The minimum Gasteiger partial charge on any atom is -0.200 e. The van der Waals surface area contributed by atoms with Crippen molar-refractivity contribution >= 4 is 53.9 Å². The van der Waals surface area contributed by atoms with Gasteiger partial charge in [0.2, 0.25) is 28.5 Å². The first-order valence-corrected chi connectivity index (χ1v) is 58.8. The molecule has 10 aromatic carbocycles. The molecule has 0 unspecified atom stereocenters. The third-order valence-corrected chi connectivity index (χ3v) is 36.3. The normalized spacial score (nSPS) is 15.9. The first-order valence-electron chi connectivity index (χ1n) is 59.8. The number of nitrogens with zero attached hydrogens (tertiary/aromatic N) is 5. The van der Waals surface area contributed by atoms with Crippen LogP contribution in [0.3, 0.4) is 0 Å². The maximum absolute atomic E-state index is 8.79. The molecule has 0 saturated heterocycles. The van der Waals surface area contributed by atoms with Gasteiger partial charge in [-0.3, -0.25) is 0 Å². The van der Waals surface area contributed by atoms with Crippen molar-refractivity contribution in [2.45, 2.75) is 423 Å². The van der Waals surface area contributed by atoms with Crippen LogP contribution in [-0.4, -0.2) is 0 Å². The molecule has 5 aliphatic carbocycles. The highest BCUT2D eigenvalue weighted by atomic mass is 15.0. The summed E-state index contributed by atoms with van der Waals surface area (Å²) in [6.07, 6.45) is 35.1. The number of benzene rings is 10. The van der Waals surface area contributed by atoms with E-state index in [2.05, 4.69) is 426 Å². The van der Waals surface area contributed by atoms with Crippen molar-refractivity contribution in [2.75, 3.05) is 0 Å². The lowest BCUT2D eigenvalue weighted by atomic mass is 9.76. The van der Waals surface area contributed by atoms with Crippen molar-refractivity contribution in [3.05, 3.63) is 323 Å². The number of fused-ring (bicyclic) bond motifs is 5. The van der Waals surface area contributed by atoms with Crippen LogP contribution < -0.4 is 22.8 Å². The molecule has 0 radical (unpaired) electrons. The quantitative estimate of drug-likeness (QED) is 0.103. The first-order chi connectivity index (χ1) is 71.9. The summed E-state index contributed by atoms with van der Waals surface area (Å²) in [6, 6.07) is 73.3. The molecule has 0 atom stereocenters. The highest BCUT2D eigenvalue weighted by Gasteiger charge is 2.35. The van der Waals surface area contributed by atoms with Gasteiger partial charge in [0.05, 0.1) is 54.7 Å². The zero-order chi connectivity index (χ0) is 110. The van der Waals surface area contributed by atoms with Gasteiger partial charge in [-0.15, -0.1) is 0 Å². The fraction of sp³-hybridized carbons (Fsp3) is 0.483. The highest BCUT2D eigenvalue weighted by Crippen LogP contribution is 2.48. The molecule has 5 aromatic heterocycles. The van der Waals surface area contributed by atoms with E-state index in [1.54, 1.807) is 5.56 Å². The van der Waals surface area contributed by atoms with Crippen LogP contribution in [-0.2, 0) is 56.9 Å². The third kappa shape index (κ3) is 24.7. The number of hydrogen-bond acceptors (Lipinski definition) is 0. The molecular weight excluding hydrogens is 1810 g/mol. The monoisotopic (exact) mass is 2000 g/mol. The number of aryl methyl sites for hydroxylation is 6. The molecule has 5 fully saturated rings. The maximum Gasteiger partial charge on any atom is 0.220 e. The van der Waals surface area contributed by atoms with Crippen LogP contribution in [0.2, 0.25) is 0 Å². The smallest absolute Gasteiger partial charge is 0.200 e. The number of rotatable bonds is 13. The summed E-state index contributed by atoms with van der Waals surface area (Å²) < 4.78 is 28.8. The molecule has 0 amide bonds. The Hall–Kier alpha value is -10.8. The lowest BCUT2D eigenvalue weighted by Gasteiger charge is -2.28. The molecule has 0 N–H and O–H groups in total. The molecule has 5 aliphatic rings. The minimum absolute atomic E-state index is 0.0567. The molecule has 20 rings (SSSR count). The molecule has 0 aliphatic heterocycles. The SMILES string of the molecule is Cc1cc(C(C)(C)C)cc(-c2c3ccc(C4CCCCC4)cc3cc(C)[n+]2C)c1C.Cc1cc(C(C)C)cc(-c2c3ccc(C4CCCCC4)cc3cc(C)[n+]2C)c1C.Cc1ccc(C(C)(C)C)cc1-c1c2ccc(C3CCCCC3)cc2cc(C)[n+]1C.[2H]c1cc2cc(C3CCCCC3)ccc2c(-c2cc(C(C)(C)C)cc(C(C)(C)C)c2C)[n+]1C.[2H]c1cc2cc(C3CCCCC3)ccc2c(-c2cc(C(C)C)cc(C(C)C)c2C)[n+]1C. The van der Waals surface area contributed by atoms with Crippen molar-refractivity contribution in [1.82, 2.24) is 0 Å². The number of pyridine rings is 5. The summed E-state index contributed by atoms with van der Waals surface area (Å²) >= 11 is 0. The standard InChI is InChI=1S/C31H42N.2C29H38N.2C28H36N/c1-21-27(19-25(30(2,3)4)20-28(21)31(5,6)7)29-26-15-14-23(22-12-10-9-11-13-22)18-24(26)16-17-32(29)8;1-19-15-25(29(4,5)6)18-27(21(19)3)28-26-14-13-23(22-11-9-8-10-12-22)17-24(26)16-20(2)30(28)7;1-19(2)25-17-27(20(3)4)21(5)28(18-25)29-26-13-12-23(22-10-8-7-9-11-22)16-24(26)14-15-30(29)6;1-19-12-14-24(28(3,4)5)18-26(19)27-25-15-13-22(21-10-8-7-9-11-21)17-23(25)16-20(2)29(27)6;1-18(2)24-14-19(3)21(5)27(17-24)28-26-13-12-23(22-10-8-7-9-11-22)16-25(26)15-20(4)29(28)6/h14-20,22H,9-13H2,1-8H3;13-18,22H,8-12H2,1-7H3;12-20,22H,7-11H2,1-6H3;12-18,21H,7-11H2,1-6H3;12-18,22H,7-11H2,1-6H3/q5*+1/i17D;;15D;;. The van der Waals surface area contributed by atoms with E-state index in [1.165, 1.54) is 388 Å². The lowest BCUT2D eigenvalue weighted by molar-refractivity contribution is -0.665. The second-order valence-corrected chi connectivity index (χ2v) is 52.3. The Labute approximate surface area is 911 Å². The zero-order valence-corrected chi connectivity index (χ0v) is 99.4. The molecule has 0 bridgehead atoms. The van der Waals surface area contributed by atoms with Gasteiger partial charge in [0, 0.05) is 51.1 Å². The third-order valence-electron chi connectivity index (χ3n) is 36.3. The van der Waals surface area contributed by atoms with E-state index in [9.17, 15) is 0 Å². The Bertz CT molecular complexity index is 7550. The van der Waals surface area contributed by atoms with Gasteiger partial charge >= 0.3 is 0 Å². The Kier molecular flexibility index (Phi) is 33.9. The van der Waals surface area contributed by atoms with Crippen molar-refractivity contribution in [1.29, 1.82) is 0 Å². The van der Waals surface area contributed by atoms with Gasteiger partial charge in [-0.1, -0.05) is 318 Å². The summed E-state index contributed by atoms with van der Waals surface area (Å²) in [5.41, 5.74) is 44.3. The Morgan fingerprint density at radius 2 is 0.527 bits per heavy atom. The fourth-order valence-corrected chi connectivity index (χ4v) is 26.0. The predicted molar refractivity (Wildman–Crippen MR) is 646 cm³/mol. The Morgan fingerprint density at radius 1 is 0.240 bits per heavy atom. The van der Waals surface area contributed by atoms with Crippen LogP contribution in [0.5, 0.6) is 0 Å². The summed E-state index contributed by atoms with van der Waals surface area (Å²) in [5.74, 6) is 5.09. The van der Waals surface area contributed by atoms with Gasteiger partial charge < -0.3 is 0 Å². The van der Waals surface area contributed by atoms with Gasteiger partial charge in [0.15, 0.2) is 29.4 Å². The van der Waals surface area contributed by atoms with Crippen LogP contribution >= 0.6 is 0 Å². The van der Waals surface area contributed by atoms with Gasteiger partial charge in [0.1, 0.15) is 38.0 Å². The highest BCUT2D eigenvalue weighted by molar-refractivity contribution is 5.99. The van der Waals surface area contributed by atoms with Crippen LogP contribution in [0.25, 0.3) is 110 Å². The van der Waals surface area contributed by atoms with Crippen molar-refractivity contribution < 1.29 is 25.6 Å². The molecular formula is C145H190N5+5. The van der Waals surface area contributed by atoms with Crippen molar-refractivity contribution in [3.63, 3.8) is 0 Å². The maximum atomic E-state index is 8.79. The van der Waals surface area contributed by atoms with Gasteiger partial charge in [0.25, 0.3) is 0 Å². The lowest BCUT2D eigenvalue weighted by Crippen LogP contribution is -2.35. The summed E-state index contributed by atoms with van der Waals surface area (Å²) in [6.45, 7) is 63.9. The van der Waals surface area contributed by atoms with E-state index in [-0.39, 0.29) is 21.7 Å². The molecule has 5 saturated carbocycles. The number of hydrogen-bond donors (Lipinski definition) is 0. The molecule has 150 heavy (non-hydrogen) atoms. The molecule has 5 heterocycles. The van der Waals surface area contributed by atoms with E-state index >= 15 is 0 Å². The average molecular weight is 2010 g/mol. The second kappa shape index (κ2) is 46.7. The van der Waals surface area contributed by atoms with Crippen molar-refractivity contribution in [2.24, 2.45) is 35.2 Å². The van der Waals surface area contributed by atoms with E-state index in [4.69, 9.17) is 2.74 Å². The van der Waals surface area contributed by atoms with Crippen LogP contribution in [0, 0.1) is 69.2 Å². The largest absolute Gasteiger partial charge is 0.220 e. The summed E-state index contributed by atoms with van der Waals surface area (Å²) in [4.78, 5) is 0. The molecule has 15 aromatic rings.